The van der Waals surface area contributed by atoms with Crippen LogP contribution in [0.15, 0.2) is 30.6 Å². The normalized spacial score (nSPS) is 10.3. The Morgan fingerprint density at radius 1 is 0.723 bits per heavy atom. The number of carbonyl (C=O) groups excluding carboxylic acids is 5. The third-order valence-electron chi connectivity index (χ3n) is 5.14. The summed E-state index contributed by atoms with van der Waals surface area (Å²) in [5, 5.41) is 0. The molecule has 0 aliphatic rings. The summed E-state index contributed by atoms with van der Waals surface area (Å²) in [6.07, 6.45) is 5.49. The largest absolute Gasteiger partial charge is 0.481 e. The summed E-state index contributed by atoms with van der Waals surface area (Å²) in [4.78, 5) is 63.3. The molecule has 260 valence electrons. The van der Waals surface area contributed by atoms with E-state index in [4.69, 9.17) is 23.3 Å². The van der Waals surface area contributed by atoms with Crippen LogP contribution in [0.3, 0.4) is 0 Å². The predicted octanol–water partition coefficient (Wildman–Crippen LogP) is 3.96. The number of aldehydes is 1. The highest BCUT2D eigenvalue weighted by Gasteiger charge is 2.28. The molecule has 16 nitrogen and oxygen atoms in total. The first kappa shape index (κ1) is 42.3. The molecule has 47 heavy (non-hydrogen) atoms. The third-order valence-corrected chi connectivity index (χ3v) is 7.09. The molecule has 2 aromatic rings. The first-order valence-electron chi connectivity index (χ1n) is 14.0. The molecule has 2 aromatic heterocycles. The van der Waals surface area contributed by atoms with E-state index in [2.05, 4.69) is 24.2 Å². The fraction of sp³-hybridized carbons (Fsp3) is 0.433. The van der Waals surface area contributed by atoms with E-state index in [-0.39, 0.29) is 55.2 Å². The van der Waals surface area contributed by atoms with Gasteiger partial charge in [0.15, 0.2) is 6.29 Å². The van der Waals surface area contributed by atoms with Crippen LogP contribution in [0.25, 0.3) is 6.08 Å². The van der Waals surface area contributed by atoms with Gasteiger partial charge in [-0.05, 0) is 39.3 Å². The van der Waals surface area contributed by atoms with Crippen LogP contribution in [0.5, 0.6) is 11.8 Å². The van der Waals surface area contributed by atoms with Crippen molar-refractivity contribution in [1.82, 2.24) is 9.97 Å². The maximum Gasteiger partial charge on any atom is 0.341 e. The van der Waals surface area contributed by atoms with Gasteiger partial charge in [0.1, 0.15) is 6.16 Å². The molecule has 0 bridgehead atoms. The standard InChI is InChI=1S/C13H15NO5.C9H9NO4.C8H17O5P/c1-4-19-12(15)6-5-9-7-11(17-2)14-8-10(9)13(16)18-3;1-13-8-3-6(5-11)7(4-10-8)9(12)14-2;1-4-11-8(9)7-14(10,12-5-2)13-6-3/h5-8H,4H2,1-3H3;3-5H,1-2H3;4-7H2,1-3H3/b6-5+;;. The maximum atomic E-state index is 11.8. The highest BCUT2D eigenvalue weighted by atomic mass is 31.2. The second-order valence-corrected chi connectivity index (χ2v) is 10.3. The van der Waals surface area contributed by atoms with E-state index in [1.807, 2.05) is 0 Å². The molecule has 0 saturated heterocycles. The number of carbonyl (C=O) groups is 5. The summed E-state index contributed by atoms with van der Waals surface area (Å²) in [6.45, 7) is 7.82. The Balaban J connectivity index is 0.000000689. The quantitative estimate of drug-likeness (QED) is 0.0857. The molecule has 0 N–H and O–H groups in total. The number of hydrogen-bond acceptors (Lipinski definition) is 16. The fourth-order valence-corrected chi connectivity index (χ4v) is 4.61. The van der Waals surface area contributed by atoms with Gasteiger partial charge in [-0.3, -0.25) is 14.2 Å². The molecule has 0 radical (unpaired) electrons. The molecule has 0 spiro atoms. The SMILES string of the molecule is CCOC(=O)/C=C/c1cc(OC)ncc1C(=O)OC.CCOC(=O)CP(=O)(OCC)OCC.COC(=O)c1cnc(OC)cc1C=O. The van der Waals surface area contributed by atoms with Gasteiger partial charge in [0.05, 0.1) is 66.0 Å². The zero-order chi connectivity index (χ0) is 35.8. The van der Waals surface area contributed by atoms with Gasteiger partial charge in [0.2, 0.25) is 11.8 Å². The van der Waals surface area contributed by atoms with Crippen molar-refractivity contribution >= 4 is 43.8 Å². The number of nitrogens with zero attached hydrogens (tertiary/aromatic N) is 2. The van der Waals surface area contributed by atoms with Crippen molar-refractivity contribution < 1.29 is 66.0 Å². The number of ether oxygens (including phenoxy) is 6. The molecule has 0 fully saturated rings. The molecule has 0 unspecified atom stereocenters. The van der Waals surface area contributed by atoms with Gasteiger partial charge in [-0.15, -0.1) is 0 Å². The van der Waals surface area contributed by atoms with Crippen LogP contribution in [0, 0.1) is 0 Å². The molecular weight excluding hydrogens is 643 g/mol. The van der Waals surface area contributed by atoms with Crippen LogP contribution in [0.2, 0.25) is 0 Å². The molecule has 17 heteroatoms. The Bertz CT molecular complexity index is 1390. The van der Waals surface area contributed by atoms with Gasteiger partial charge >= 0.3 is 31.5 Å². The van der Waals surface area contributed by atoms with Crippen LogP contribution < -0.4 is 9.47 Å². The lowest BCUT2D eigenvalue weighted by Crippen LogP contribution is -2.12. The molecule has 0 aromatic carbocycles. The molecule has 0 aliphatic carbocycles. The molecule has 2 heterocycles. The summed E-state index contributed by atoms with van der Waals surface area (Å²) >= 11 is 0. The smallest absolute Gasteiger partial charge is 0.341 e. The molecule has 0 amide bonds. The lowest BCUT2D eigenvalue weighted by atomic mass is 10.1. The first-order chi connectivity index (χ1) is 22.4. The van der Waals surface area contributed by atoms with E-state index in [1.54, 1.807) is 27.7 Å². The number of aromatic nitrogens is 2. The van der Waals surface area contributed by atoms with Crippen molar-refractivity contribution in [1.29, 1.82) is 0 Å². The topological polar surface area (TPSA) is 202 Å². The van der Waals surface area contributed by atoms with Crippen LogP contribution in [-0.4, -0.2) is 101 Å². The highest BCUT2D eigenvalue weighted by Crippen LogP contribution is 2.47. The number of hydrogen-bond donors (Lipinski definition) is 0. The summed E-state index contributed by atoms with van der Waals surface area (Å²) in [5.41, 5.74) is 1.03. The summed E-state index contributed by atoms with van der Waals surface area (Å²) in [7, 11) is 2.11. The van der Waals surface area contributed by atoms with E-state index in [0.29, 0.717) is 17.7 Å². The Labute approximate surface area is 273 Å². The molecule has 0 saturated carbocycles. The fourth-order valence-electron chi connectivity index (χ4n) is 3.16. The van der Waals surface area contributed by atoms with E-state index in [1.165, 1.54) is 65.1 Å². The zero-order valence-corrected chi connectivity index (χ0v) is 28.5. The van der Waals surface area contributed by atoms with Crippen LogP contribution in [0.4, 0.5) is 0 Å². The van der Waals surface area contributed by atoms with Crippen molar-refractivity contribution in [3.63, 3.8) is 0 Å². The zero-order valence-electron chi connectivity index (χ0n) is 27.6. The van der Waals surface area contributed by atoms with Crippen LogP contribution in [-0.2, 0) is 42.1 Å². The van der Waals surface area contributed by atoms with Gasteiger partial charge in [0, 0.05) is 36.2 Å². The first-order valence-corrected chi connectivity index (χ1v) is 15.7. The van der Waals surface area contributed by atoms with Crippen molar-refractivity contribution in [3.8, 4) is 11.8 Å². The van der Waals surface area contributed by atoms with E-state index in [0.717, 1.165) is 0 Å². The summed E-state index contributed by atoms with van der Waals surface area (Å²) in [5.74, 6) is -1.58. The highest BCUT2D eigenvalue weighted by molar-refractivity contribution is 7.54. The number of pyridine rings is 2. The van der Waals surface area contributed by atoms with E-state index in [9.17, 15) is 28.5 Å². The van der Waals surface area contributed by atoms with Crippen molar-refractivity contribution in [2.75, 3.05) is 61.0 Å². The Hall–Kier alpha value is -4.66. The van der Waals surface area contributed by atoms with E-state index < -0.39 is 31.5 Å². The van der Waals surface area contributed by atoms with Crippen molar-refractivity contribution in [3.05, 3.63) is 52.9 Å². The molecule has 0 aliphatic heterocycles. The van der Waals surface area contributed by atoms with Crippen molar-refractivity contribution in [2.24, 2.45) is 0 Å². The van der Waals surface area contributed by atoms with Crippen LogP contribution in [0.1, 0.15) is 64.3 Å². The van der Waals surface area contributed by atoms with Gasteiger partial charge < -0.3 is 37.5 Å². The second-order valence-electron chi connectivity index (χ2n) is 8.22. The Kier molecular flexibility index (Phi) is 21.3. The van der Waals surface area contributed by atoms with Crippen LogP contribution >= 0.6 is 7.60 Å². The molecule has 2 rings (SSSR count). The van der Waals surface area contributed by atoms with Gasteiger partial charge in [0.25, 0.3) is 0 Å². The minimum Gasteiger partial charge on any atom is -0.481 e. The van der Waals surface area contributed by atoms with E-state index >= 15 is 0 Å². The summed E-state index contributed by atoms with van der Waals surface area (Å²) < 4.78 is 49.9. The van der Waals surface area contributed by atoms with Gasteiger partial charge in [-0.1, -0.05) is 0 Å². The number of esters is 4. The lowest BCUT2D eigenvalue weighted by molar-refractivity contribution is -0.140. The number of rotatable bonds is 15. The Morgan fingerprint density at radius 2 is 1.19 bits per heavy atom. The monoisotopic (exact) mass is 684 g/mol. The number of methoxy groups -OCH3 is 4. The predicted molar refractivity (Wildman–Crippen MR) is 168 cm³/mol. The molecule has 0 atom stereocenters. The second kappa shape index (κ2) is 23.6. The third kappa shape index (κ3) is 15.9. The maximum absolute atomic E-state index is 11.8. The Morgan fingerprint density at radius 3 is 1.60 bits per heavy atom. The minimum absolute atomic E-state index is 0.128. The average molecular weight is 685 g/mol. The summed E-state index contributed by atoms with van der Waals surface area (Å²) in [6, 6.07) is 2.90. The van der Waals surface area contributed by atoms with Crippen molar-refractivity contribution in [2.45, 2.75) is 27.7 Å². The lowest BCUT2D eigenvalue weighted by Gasteiger charge is -2.15. The van der Waals surface area contributed by atoms with Gasteiger partial charge in [-0.25, -0.2) is 24.4 Å². The van der Waals surface area contributed by atoms with Gasteiger partial charge in [-0.2, -0.15) is 0 Å². The molecular formula is C30H41N2O14P. The minimum atomic E-state index is -3.28. The average Bonchev–Trinajstić information content (AvgIpc) is 3.07.